The second kappa shape index (κ2) is 5.45. The second-order valence-electron chi connectivity index (χ2n) is 6.74. The summed E-state index contributed by atoms with van der Waals surface area (Å²) in [5.74, 6) is 0.874. The van der Waals surface area contributed by atoms with Crippen LogP contribution in [-0.4, -0.2) is 34.6 Å². The van der Waals surface area contributed by atoms with Crippen LogP contribution >= 0.6 is 0 Å². The number of piperazine rings is 1. The number of aromatic nitrogens is 1. The van der Waals surface area contributed by atoms with Crippen molar-refractivity contribution in [2.45, 2.75) is 57.7 Å². The van der Waals surface area contributed by atoms with Crippen molar-refractivity contribution >= 4 is 0 Å². The van der Waals surface area contributed by atoms with Gasteiger partial charge in [-0.2, -0.15) is 0 Å². The number of rotatable bonds is 4. The first-order valence-corrected chi connectivity index (χ1v) is 8.06. The summed E-state index contributed by atoms with van der Waals surface area (Å²) < 4.78 is 0. The zero-order valence-corrected chi connectivity index (χ0v) is 13.0. The molecule has 1 N–H and O–H groups in total. The Morgan fingerprint density at radius 3 is 2.85 bits per heavy atom. The lowest BCUT2D eigenvalue weighted by atomic mass is 9.89. The Kier molecular flexibility index (Phi) is 3.83. The van der Waals surface area contributed by atoms with Crippen LogP contribution in [0.5, 0.6) is 0 Å². The molecule has 110 valence electrons. The van der Waals surface area contributed by atoms with E-state index in [-0.39, 0.29) is 0 Å². The summed E-state index contributed by atoms with van der Waals surface area (Å²) in [7, 11) is 0. The molecule has 2 heterocycles. The zero-order chi connectivity index (χ0) is 14.2. The molecule has 1 aliphatic heterocycles. The van der Waals surface area contributed by atoms with Gasteiger partial charge in [-0.3, -0.25) is 9.88 Å². The highest BCUT2D eigenvalue weighted by Gasteiger charge is 2.46. The van der Waals surface area contributed by atoms with Gasteiger partial charge in [0.25, 0.3) is 0 Å². The van der Waals surface area contributed by atoms with Crippen molar-refractivity contribution < 1.29 is 0 Å². The first-order valence-electron chi connectivity index (χ1n) is 8.06. The lowest BCUT2D eigenvalue weighted by Gasteiger charge is -2.48. The number of pyridine rings is 1. The summed E-state index contributed by atoms with van der Waals surface area (Å²) in [5.41, 5.74) is 1.50. The molecule has 0 amide bonds. The normalized spacial score (nSPS) is 33.0. The SMILES string of the molecule is CCC1CNC(C)(C2CC2)CN1C(C)c1ccccn1. The highest BCUT2D eigenvalue weighted by atomic mass is 15.3. The molecule has 0 aromatic carbocycles. The smallest absolute Gasteiger partial charge is 0.0572 e. The Bertz CT molecular complexity index is 443. The Hall–Kier alpha value is -0.930. The standard InChI is InChI=1S/C17H27N3/c1-4-15-11-19-17(3,14-8-9-14)12-20(15)13(2)16-7-5-6-10-18-16/h5-7,10,13-15,19H,4,8-9,11-12H2,1-3H3. The van der Waals surface area contributed by atoms with Crippen LogP contribution in [0.2, 0.25) is 0 Å². The summed E-state index contributed by atoms with van der Waals surface area (Å²) >= 11 is 0. The predicted molar refractivity (Wildman–Crippen MR) is 82.6 cm³/mol. The minimum Gasteiger partial charge on any atom is -0.308 e. The van der Waals surface area contributed by atoms with E-state index in [9.17, 15) is 0 Å². The lowest BCUT2D eigenvalue weighted by Crippen LogP contribution is -2.64. The van der Waals surface area contributed by atoms with Crippen LogP contribution in [0.25, 0.3) is 0 Å². The highest BCUT2D eigenvalue weighted by molar-refractivity contribution is 5.11. The van der Waals surface area contributed by atoms with E-state index < -0.39 is 0 Å². The van der Waals surface area contributed by atoms with Gasteiger partial charge in [0, 0.05) is 36.9 Å². The molecule has 3 nitrogen and oxygen atoms in total. The van der Waals surface area contributed by atoms with E-state index in [1.165, 1.54) is 25.0 Å². The molecule has 3 rings (SSSR count). The fraction of sp³-hybridized carbons (Fsp3) is 0.706. The van der Waals surface area contributed by atoms with Crippen LogP contribution in [0.4, 0.5) is 0 Å². The molecule has 0 radical (unpaired) electrons. The molecule has 2 aliphatic rings. The van der Waals surface area contributed by atoms with E-state index in [0.717, 1.165) is 19.0 Å². The number of hydrogen-bond acceptors (Lipinski definition) is 3. The first-order chi connectivity index (χ1) is 9.64. The van der Waals surface area contributed by atoms with Gasteiger partial charge in [-0.1, -0.05) is 13.0 Å². The van der Waals surface area contributed by atoms with Crippen LogP contribution < -0.4 is 5.32 Å². The molecule has 1 aromatic rings. The van der Waals surface area contributed by atoms with Crippen molar-refractivity contribution in [1.29, 1.82) is 0 Å². The fourth-order valence-corrected chi connectivity index (χ4v) is 3.65. The number of hydrogen-bond donors (Lipinski definition) is 1. The summed E-state index contributed by atoms with van der Waals surface area (Å²) in [4.78, 5) is 7.25. The molecule has 1 aromatic heterocycles. The van der Waals surface area contributed by atoms with Crippen molar-refractivity contribution in [3.05, 3.63) is 30.1 Å². The molecule has 0 bridgehead atoms. The monoisotopic (exact) mass is 273 g/mol. The van der Waals surface area contributed by atoms with E-state index in [4.69, 9.17) is 0 Å². The maximum atomic E-state index is 4.57. The minimum atomic E-state index is 0.300. The van der Waals surface area contributed by atoms with Gasteiger partial charge in [0.05, 0.1) is 5.69 Å². The van der Waals surface area contributed by atoms with E-state index in [1.807, 2.05) is 12.3 Å². The Labute approximate surface area is 122 Å². The van der Waals surface area contributed by atoms with Crippen molar-refractivity contribution in [3.63, 3.8) is 0 Å². The second-order valence-corrected chi connectivity index (χ2v) is 6.74. The summed E-state index contributed by atoms with van der Waals surface area (Å²) in [6.07, 6.45) is 5.90. The van der Waals surface area contributed by atoms with E-state index in [0.29, 0.717) is 17.6 Å². The van der Waals surface area contributed by atoms with Crippen LogP contribution in [-0.2, 0) is 0 Å². The largest absolute Gasteiger partial charge is 0.308 e. The first kappa shape index (κ1) is 14.0. The molecular weight excluding hydrogens is 246 g/mol. The molecular formula is C17H27N3. The summed E-state index contributed by atoms with van der Waals surface area (Å²) in [5, 5.41) is 3.83. The number of nitrogens with one attached hydrogen (secondary N) is 1. The third kappa shape index (κ3) is 2.61. The van der Waals surface area contributed by atoms with Crippen LogP contribution in [0.1, 0.15) is 51.8 Å². The van der Waals surface area contributed by atoms with Crippen LogP contribution in [0, 0.1) is 5.92 Å². The van der Waals surface area contributed by atoms with Crippen LogP contribution in [0.15, 0.2) is 24.4 Å². The topological polar surface area (TPSA) is 28.2 Å². The van der Waals surface area contributed by atoms with Gasteiger partial charge in [-0.25, -0.2) is 0 Å². The van der Waals surface area contributed by atoms with Gasteiger partial charge < -0.3 is 5.32 Å². The van der Waals surface area contributed by atoms with Crippen LogP contribution in [0.3, 0.4) is 0 Å². The summed E-state index contributed by atoms with van der Waals surface area (Å²) in [6.45, 7) is 9.27. The molecule has 20 heavy (non-hydrogen) atoms. The van der Waals surface area contributed by atoms with Crippen molar-refractivity contribution in [3.8, 4) is 0 Å². The Morgan fingerprint density at radius 2 is 2.25 bits per heavy atom. The third-order valence-electron chi connectivity index (χ3n) is 5.28. The Morgan fingerprint density at radius 1 is 1.45 bits per heavy atom. The Balaban J connectivity index is 1.80. The van der Waals surface area contributed by atoms with E-state index >= 15 is 0 Å². The molecule has 1 aliphatic carbocycles. The molecule has 0 spiro atoms. The maximum Gasteiger partial charge on any atom is 0.0572 e. The third-order valence-corrected chi connectivity index (χ3v) is 5.28. The molecule has 1 saturated heterocycles. The maximum absolute atomic E-state index is 4.57. The summed E-state index contributed by atoms with van der Waals surface area (Å²) in [6, 6.07) is 7.29. The van der Waals surface area contributed by atoms with Gasteiger partial charge in [-0.05, 0) is 51.2 Å². The predicted octanol–water partition coefficient (Wildman–Crippen LogP) is 3.00. The van der Waals surface area contributed by atoms with Crippen molar-refractivity contribution in [2.75, 3.05) is 13.1 Å². The van der Waals surface area contributed by atoms with Crippen molar-refractivity contribution in [1.82, 2.24) is 15.2 Å². The fourth-order valence-electron chi connectivity index (χ4n) is 3.65. The average Bonchev–Trinajstić information content (AvgIpc) is 3.32. The molecule has 3 atom stereocenters. The van der Waals surface area contributed by atoms with E-state index in [2.05, 4.69) is 48.1 Å². The number of nitrogens with zero attached hydrogens (tertiary/aromatic N) is 2. The van der Waals surface area contributed by atoms with Gasteiger partial charge in [-0.15, -0.1) is 0 Å². The quantitative estimate of drug-likeness (QED) is 0.914. The average molecular weight is 273 g/mol. The minimum absolute atomic E-state index is 0.300. The molecule has 2 fully saturated rings. The van der Waals surface area contributed by atoms with E-state index in [1.54, 1.807) is 0 Å². The van der Waals surface area contributed by atoms with Crippen molar-refractivity contribution in [2.24, 2.45) is 5.92 Å². The van der Waals surface area contributed by atoms with Gasteiger partial charge >= 0.3 is 0 Å². The molecule has 3 heteroatoms. The molecule has 1 saturated carbocycles. The van der Waals surface area contributed by atoms with Gasteiger partial charge in [0.2, 0.25) is 0 Å². The lowest BCUT2D eigenvalue weighted by molar-refractivity contribution is 0.0405. The highest BCUT2D eigenvalue weighted by Crippen LogP contribution is 2.42. The van der Waals surface area contributed by atoms with Gasteiger partial charge in [0.1, 0.15) is 0 Å². The zero-order valence-electron chi connectivity index (χ0n) is 13.0. The van der Waals surface area contributed by atoms with Gasteiger partial charge in [0.15, 0.2) is 0 Å². The molecule has 3 unspecified atom stereocenters.